The highest BCUT2D eigenvalue weighted by atomic mass is 16.7. The average molecular weight is 517 g/mol. The van der Waals surface area contributed by atoms with Crippen molar-refractivity contribution in [3.63, 3.8) is 0 Å². The van der Waals surface area contributed by atoms with Crippen LogP contribution in [0, 0.1) is 5.92 Å². The van der Waals surface area contributed by atoms with Crippen molar-refractivity contribution in [1.82, 2.24) is 10.3 Å². The number of amides is 1. The number of nitrogens with zero attached hydrogens (tertiary/aromatic N) is 1. The fourth-order valence-corrected chi connectivity index (χ4v) is 3.73. The number of methoxy groups -OCH3 is 1. The summed E-state index contributed by atoms with van der Waals surface area (Å²) in [5.41, 5.74) is -0.136. The summed E-state index contributed by atoms with van der Waals surface area (Å²) in [7, 11) is 1.40. The zero-order valence-corrected chi connectivity index (χ0v) is 22.2. The van der Waals surface area contributed by atoms with Gasteiger partial charge in [0.25, 0.3) is 5.91 Å². The van der Waals surface area contributed by atoms with Gasteiger partial charge in [-0.1, -0.05) is 32.0 Å². The third-order valence-corrected chi connectivity index (χ3v) is 5.76. The Morgan fingerprint density at radius 2 is 1.70 bits per heavy atom. The van der Waals surface area contributed by atoms with E-state index in [0.29, 0.717) is 5.75 Å². The molecule has 0 aliphatic heterocycles. The fraction of sp³-hybridized carbons (Fsp3) is 0.481. The van der Waals surface area contributed by atoms with E-state index in [0.717, 1.165) is 12.8 Å². The number of benzene rings is 1. The molecule has 0 radical (unpaired) electrons. The number of carbonyl (C=O) groups is 3. The van der Waals surface area contributed by atoms with Crippen molar-refractivity contribution in [2.45, 2.75) is 65.7 Å². The molecule has 37 heavy (non-hydrogen) atoms. The van der Waals surface area contributed by atoms with Crippen LogP contribution in [0.3, 0.4) is 0 Å². The Morgan fingerprint density at radius 1 is 1.03 bits per heavy atom. The van der Waals surface area contributed by atoms with Gasteiger partial charge in [0.05, 0.1) is 7.11 Å². The van der Waals surface area contributed by atoms with Gasteiger partial charge in [-0.15, -0.1) is 0 Å². The van der Waals surface area contributed by atoms with Gasteiger partial charge in [0.15, 0.2) is 17.2 Å². The van der Waals surface area contributed by atoms with Crippen molar-refractivity contribution >= 4 is 17.8 Å². The van der Waals surface area contributed by atoms with Crippen LogP contribution in [0.4, 0.5) is 0 Å². The molecule has 0 aliphatic carbocycles. The first-order valence-corrected chi connectivity index (χ1v) is 12.2. The number of para-hydroxylation sites is 1. The number of nitrogens with one attached hydrogen (secondary N) is 1. The van der Waals surface area contributed by atoms with Crippen LogP contribution in [0.5, 0.6) is 17.2 Å². The summed E-state index contributed by atoms with van der Waals surface area (Å²) in [5, 5.41) is 2.60. The van der Waals surface area contributed by atoms with Crippen LogP contribution in [0.1, 0.15) is 57.9 Å². The Balaban J connectivity index is 2.14. The molecule has 0 saturated carbocycles. The van der Waals surface area contributed by atoms with Crippen LogP contribution in [0.25, 0.3) is 0 Å². The first kappa shape index (κ1) is 29.4. The first-order valence-electron chi connectivity index (χ1n) is 12.2. The van der Waals surface area contributed by atoms with Gasteiger partial charge in [-0.2, -0.15) is 0 Å². The summed E-state index contributed by atoms with van der Waals surface area (Å²) in [4.78, 5) is 41.2. The predicted molar refractivity (Wildman–Crippen MR) is 135 cm³/mol. The average Bonchev–Trinajstić information content (AvgIpc) is 2.88. The Hall–Kier alpha value is -3.82. The minimum atomic E-state index is -0.998. The number of ether oxygens (including phenoxy) is 5. The van der Waals surface area contributed by atoms with Crippen LogP contribution in [0.2, 0.25) is 0 Å². The summed E-state index contributed by atoms with van der Waals surface area (Å²) < 4.78 is 27.4. The molecule has 1 amide bonds. The molecule has 0 fully saturated rings. The maximum Gasteiger partial charge on any atom is 0.328 e. The lowest BCUT2D eigenvalue weighted by molar-refractivity contribution is -0.159. The van der Waals surface area contributed by atoms with Gasteiger partial charge < -0.3 is 29.0 Å². The van der Waals surface area contributed by atoms with Gasteiger partial charge in [0.2, 0.25) is 6.79 Å². The van der Waals surface area contributed by atoms with E-state index in [4.69, 9.17) is 23.7 Å². The van der Waals surface area contributed by atoms with E-state index >= 15 is 0 Å². The Kier molecular flexibility index (Phi) is 11.7. The zero-order chi connectivity index (χ0) is 27.4. The van der Waals surface area contributed by atoms with Crippen molar-refractivity contribution in [3.8, 4) is 17.2 Å². The molecule has 1 aromatic heterocycles. The monoisotopic (exact) mass is 516 g/mol. The van der Waals surface area contributed by atoms with E-state index in [-0.39, 0.29) is 23.1 Å². The van der Waals surface area contributed by atoms with Crippen molar-refractivity contribution in [2.24, 2.45) is 5.92 Å². The minimum absolute atomic E-state index is 0.0240. The Labute approximate surface area is 217 Å². The Bertz CT molecular complexity index is 1030. The Morgan fingerprint density at radius 3 is 2.30 bits per heavy atom. The molecule has 10 heteroatoms. The molecule has 0 aliphatic rings. The van der Waals surface area contributed by atoms with Gasteiger partial charge >= 0.3 is 11.9 Å². The first-order chi connectivity index (χ1) is 17.7. The quantitative estimate of drug-likeness (QED) is 0.294. The van der Waals surface area contributed by atoms with Crippen molar-refractivity contribution in [2.75, 3.05) is 13.9 Å². The molecule has 0 saturated heterocycles. The highest BCUT2D eigenvalue weighted by molar-refractivity contribution is 5.98. The van der Waals surface area contributed by atoms with E-state index in [1.807, 2.05) is 51.1 Å². The van der Waals surface area contributed by atoms with Crippen LogP contribution in [0.15, 0.2) is 42.6 Å². The van der Waals surface area contributed by atoms with Gasteiger partial charge in [-0.05, 0) is 44.7 Å². The van der Waals surface area contributed by atoms with E-state index in [1.54, 1.807) is 0 Å². The molecular weight excluding hydrogens is 480 g/mol. The molecule has 1 heterocycles. The minimum Gasteiger partial charge on any atom is -0.493 e. The molecule has 2 rings (SSSR count). The van der Waals surface area contributed by atoms with Crippen LogP contribution in [-0.4, -0.2) is 55.0 Å². The van der Waals surface area contributed by atoms with E-state index in [1.165, 1.54) is 33.2 Å². The number of hydrogen-bond acceptors (Lipinski definition) is 9. The fourth-order valence-electron chi connectivity index (χ4n) is 3.73. The van der Waals surface area contributed by atoms with Crippen molar-refractivity contribution in [1.29, 1.82) is 0 Å². The third-order valence-electron chi connectivity index (χ3n) is 5.76. The van der Waals surface area contributed by atoms with Crippen molar-refractivity contribution < 1.29 is 38.1 Å². The lowest BCUT2D eigenvalue weighted by atomic mass is 9.93. The predicted octanol–water partition coefficient (Wildman–Crippen LogP) is 3.92. The van der Waals surface area contributed by atoms with Crippen molar-refractivity contribution in [3.05, 3.63) is 48.3 Å². The van der Waals surface area contributed by atoms with E-state index in [9.17, 15) is 14.4 Å². The highest BCUT2D eigenvalue weighted by Gasteiger charge is 2.32. The molecule has 2 aromatic rings. The van der Waals surface area contributed by atoms with Crippen LogP contribution in [-0.2, 0) is 19.1 Å². The molecule has 0 bridgehead atoms. The van der Waals surface area contributed by atoms with Gasteiger partial charge in [-0.25, -0.2) is 9.78 Å². The van der Waals surface area contributed by atoms with E-state index < -0.39 is 42.9 Å². The normalized spacial score (nSPS) is 13.2. The SMILES string of the molecule is CCC(CC)[C@@H](OC(=O)[C@H](C)NC(=O)c1nccc(OC)c1OCOC(C)=O)[C@H](C)Oc1ccccc1. The topological polar surface area (TPSA) is 122 Å². The molecule has 0 spiro atoms. The molecule has 1 aromatic carbocycles. The standard InChI is InChI=1S/C27H36N2O8/c1-7-20(8-2)24(18(4)36-21-12-10-9-11-13-21)37-27(32)17(3)29-26(31)23-25(35-16-34-19(5)30)22(33-6)14-15-28-23/h9-15,17-18,20,24H,7-8,16H2,1-6H3,(H,29,31)/t17-,18-,24-/m0/s1. The maximum absolute atomic E-state index is 13.0. The second-order valence-electron chi connectivity index (χ2n) is 8.40. The zero-order valence-electron chi connectivity index (χ0n) is 22.2. The second kappa shape index (κ2) is 14.7. The molecular formula is C27H36N2O8. The summed E-state index contributed by atoms with van der Waals surface area (Å²) in [6, 6.07) is 9.81. The summed E-state index contributed by atoms with van der Waals surface area (Å²) in [5.74, 6) is -0.927. The molecule has 0 unspecified atom stereocenters. The summed E-state index contributed by atoms with van der Waals surface area (Å²) in [6.07, 6.45) is 1.99. The van der Waals surface area contributed by atoms with Crippen LogP contribution < -0.4 is 19.5 Å². The lowest BCUT2D eigenvalue weighted by Gasteiger charge is -2.31. The van der Waals surface area contributed by atoms with Gasteiger partial charge in [-0.3, -0.25) is 9.59 Å². The lowest BCUT2D eigenvalue weighted by Crippen LogP contribution is -2.45. The number of hydrogen-bond donors (Lipinski definition) is 1. The molecule has 202 valence electrons. The smallest absolute Gasteiger partial charge is 0.328 e. The van der Waals surface area contributed by atoms with Crippen LogP contribution >= 0.6 is 0 Å². The van der Waals surface area contributed by atoms with E-state index in [2.05, 4.69) is 10.3 Å². The summed E-state index contributed by atoms with van der Waals surface area (Å²) in [6.45, 7) is 8.23. The number of esters is 2. The maximum atomic E-state index is 13.0. The molecule has 10 nitrogen and oxygen atoms in total. The number of aromatic nitrogens is 1. The van der Waals surface area contributed by atoms with Gasteiger partial charge in [0, 0.05) is 19.2 Å². The third kappa shape index (κ3) is 8.66. The molecule has 1 N–H and O–H groups in total. The number of rotatable bonds is 14. The summed E-state index contributed by atoms with van der Waals surface area (Å²) >= 11 is 0. The number of carbonyl (C=O) groups excluding carboxylic acids is 3. The molecule has 3 atom stereocenters. The second-order valence-corrected chi connectivity index (χ2v) is 8.40. The number of pyridine rings is 1. The van der Waals surface area contributed by atoms with Gasteiger partial charge in [0.1, 0.15) is 24.0 Å². The highest BCUT2D eigenvalue weighted by Crippen LogP contribution is 2.30. The largest absolute Gasteiger partial charge is 0.493 e.